The molecule has 0 unspecified atom stereocenters. The van der Waals surface area contributed by atoms with Crippen LogP contribution in [0, 0.1) is 20.8 Å². The molecule has 0 spiro atoms. The summed E-state index contributed by atoms with van der Waals surface area (Å²) in [6.45, 7) is 7.53. The van der Waals surface area contributed by atoms with Gasteiger partial charge < -0.3 is 20.1 Å². The Morgan fingerprint density at radius 1 is 1.05 bits per heavy atom. The van der Waals surface area contributed by atoms with Crippen molar-refractivity contribution in [3.63, 3.8) is 0 Å². The van der Waals surface area contributed by atoms with Crippen molar-refractivity contribution in [1.29, 1.82) is 0 Å². The number of nitrogens with zero attached hydrogens (tertiary/aromatic N) is 4. The molecule has 0 bridgehead atoms. The standard InChI is InChI=1S/C30H32N6OS/c1-20-9-11-24(12-10-20)33-27(37)13-16-35-29(28(34-30(35)38)26-8-4-5-15-32-26)25-17-21(2)36(22(25)3)19-23-7-6-14-31-18-23/h4-12,14-15,17-18,28-29H,13,16,19H2,1-3H3,(H,33,37)(H,34,38)/t28-,29-/m1/s1. The zero-order chi connectivity index (χ0) is 26.6. The minimum Gasteiger partial charge on any atom is -0.352 e. The second-order valence-corrected chi connectivity index (χ2v) is 10.1. The molecule has 5 rings (SSSR count). The largest absolute Gasteiger partial charge is 0.352 e. The molecule has 1 aliphatic heterocycles. The van der Waals surface area contributed by atoms with Crippen molar-refractivity contribution in [3.05, 3.63) is 113 Å². The fraction of sp³-hybridized carbons (Fsp3) is 0.267. The first-order valence-electron chi connectivity index (χ1n) is 12.8. The van der Waals surface area contributed by atoms with Crippen LogP contribution in [0.15, 0.2) is 79.3 Å². The van der Waals surface area contributed by atoms with Crippen LogP contribution in [0.2, 0.25) is 0 Å². The molecule has 4 heterocycles. The number of aromatic nitrogens is 3. The monoisotopic (exact) mass is 524 g/mol. The summed E-state index contributed by atoms with van der Waals surface area (Å²) >= 11 is 5.82. The zero-order valence-corrected chi connectivity index (χ0v) is 22.7. The van der Waals surface area contributed by atoms with Crippen LogP contribution in [0.3, 0.4) is 0 Å². The maximum absolute atomic E-state index is 12.9. The van der Waals surface area contributed by atoms with Crippen LogP contribution in [0.4, 0.5) is 5.69 Å². The quantitative estimate of drug-likeness (QED) is 0.307. The first-order chi connectivity index (χ1) is 18.4. The number of nitrogens with one attached hydrogen (secondary N) is 2. The highest BCUT2D eigenvalue weighted by Gasteiger charge is 2.41. The van der Waals surface area contributed by atoms with Gasteiger partial charge in [0.2, 0.25) is 5.91 Å². The van der Waals surface area contributed by atoms with Gasteiger partial charge in [-0.1, -0.05) is 29.8 Å². The van der Waals surface area contributed by atoms with E-state index in [1.807, 2.05) is 61.7 Å². The van der Waals surface area contributed by atoms with Crippen molar-refractivity contribution in [2.24, 2.45) is 0 Å². The molecule has 3 aromatic heterocycles. The van der Waals surface area contributed by atoms with Crippen LogP contribution in [0.1, 0.15) is 52.3 Å². The van der Waals surface area contributed by atoms with Crippen molar-refractivity contribution in [2.75, 3.05) is 11.9 Å². The highest BCUT2D eigenvalue weighted by molar-refractivity contribution is 7.80. The fourth-order valence-electron chi connectivity index (χ4n) is 5.11. The Labute approximate surface area is 228 Å². The van der Waals surface area contributed by atoms with Crippen molar-refractivity contribution in [1.82, 2.24) is 24.8 Å². The number of carbonyl (C=O) groups excluding carboxylic acids is 1. The number of amides is 1. The average molecular weight is 525 g/mol. The molecule has 194 valence electrons. The summed E-state index contributed by atoms with van der Waals surface area (Å²) in [5.74, 6) is -0.0428. The summed E-state index contributed by atoms with van der Waals surface area (Å²) in [6.07, 6.45) is 5.82. The lowest BCUT2D eigenvalue weighted by molar-refractivity contribution is -0.116. The zero-order valence-electron chi connectivity index (χ0n) is 21.9. The van der Waals surface area contributed by atoms with Gasteiger partial charge in [-0.3, -0.25) is 14.8 Å². The Bertz CT molecular complexity index is 1420. The minimum absolute atomic E-state index is 0.0428. The van der Waals surface area contributed by atoms with E-state index in [9.17, 15) is 4.79 Å². The molecule has 4 aromatic rings. The lowest BCUT2D eigenvalue weighted by Crippen LogP contribution is -2.33. The summed E-state index contributed by atoms with van der Waals surface area (Å²) in [4.78, 5) is 23.9. The van der Waals surface area contributed by atoms with Crippen molar-refractivity contribution >= 4 is 28.9 Å². The molecule has 1 fully saturated rings. The summed E-state index contributed by atoms with van der Waals surface area (Å²) in [6, 6.07) is 19.8. The SMILES string of the molecule is Cc1ccc(NC(=O)CCN2C(=S)N[C@H](c3ccccn3)[C@H]2c2cc(C)n(Cc3cccnc3)c2C)cc1. The fourth-order valence-corrected chi connectivity index (χ4v) is 5.44. The number of carbonyl (C=O) groups is 1. The molecule has 2 atom stereocenters. The van der Waals surface area contributed by atoms with Gasteiger partial charge in [-0.25, -0.2) is 0 Å². The topological polar surface area (TPSA) is 75.1 Å². The molecule has 0 aliphatic carbocycles. The maximum atomic E-state index is 12.9. The number of benzene rings is 1. The van der Waals surface area contributed by atoms with Crippen LogP contribution in [0.25, 0.3) is 0 Å². The third-order valence-electron chi connectivity index (χ3n) is 7.11. The summed E-state index contributed by atoms with van der Waals surface area (Å²) in [5.41, 5.74) is 7.52. The highest BCUT2D eigenvalue weighted by atomic mass is 32.1. The second kappa shape index (κ2) is 11.1. The Balaban J connectivity index is 1.42. The lowest BCUT2D eigenvalue weighted by atomic mass is 9.96. The predicted octanol–water partition coefficient (Wildman–Crippen LogP) is 5.25. The van der Waals surface area contributed by atoms with Gasteiger partial charge in [0.25, 0.3) is 0 Å². The van der Waals surface area contributed by atoms with E-state index in [4.69, 9.17) is 12.2 Å². The number of rotatable bonds is 8. The van der Waals surface area contributed by atoms with Gasteiger partial charge in [0.1, 0.15) is 0 Å². The number of aryl methyl sites for hydroxylation is 2. The number of thiocarbonyl (C=S) groups is 1. The highest BCUT2D eigenvalue weighted by Crippen LogP contribution is 2.41. The van der Waals surface area contributed by atoms with Crippen LogP contribution < -0.4 is 10.6 Å². The van der Waals surface area contributed by atoms with E-state index in [2.05, 4.69) is 56.0 Å². The Morgan fingerprint density at radius 3 is 2.58 bits per heavy atom. The minimum atomic E-state index is -0.129. The smallest absolute Gasteiger partial charge is 0.226 e. The number of pyridine rings is 2. The van der Waals surface area contributed by atoms with Gasteiger partial charge >= 0.3 is 0 Å². The van der Waals surface area contributed by atoms with Crippen LogP contribution in [-0.2, 0) is 11.3 Å². The first kappa shape index (κ1) is 25.6. The van der Waals surface area contributed by atoms with Crippen molar-refractivity contribution < 1.29 is 4.79 Å². The van der Waals surface area contributed by atoms with E-state index < -0.39 is 0 Å². The van der Waals surface area contributed by atoms with E-state index in [-0.39, 0.29) is 18.0 Å². The average Bonchev–Trinajstić information content (AvgIpc) is 3.40. The van der Waals surface area contributed by atoms with Gasteiger partial charge in [0.15, 0.2) is 5.11 Å². The first-order valence-corrected chi connectivity index (χ1v) is 13.2. The Kier molecular flexibility index (Phi) is 7.51. The molecule has 2 N–H and O–H groups in total. The number of hydrogen-bond donors (Lipinski definition) is 2. The van der Waals surface area contributed by atoms with Crippen molar-refractivity contribution in [2.45, 2.75) is 45.8 Å². The van der Waals surface area contributed by atoms with E-state index >= 15 is 0 Å². The third-order valence-corrected chi connectivity index (χ3v) is 7.46. The van der Waals surface area contributed by atoms with Crippen molar-refractivity contribution in [3.8, 4) is 0 Å². The van der Waals surface area contributed by atoms with Crippen LogP contribution in [-0.4, -0.2) is 37.0 Å². The molecule has 38 heavy (non-hydrogen) atoms. The molecule has 1 aromatic carbocycles. The van der Waals surface area contributed by atoms with Gasteiger partial charge in [0.05, 0.1) is 17.8 Å². The molecular weight excluding hydrogens is 492 g/mol. The molecule has 1 saturated heterocycles. The Hall–Kier alpha value is -4.04. The van der Waals surface area contributed by atoms with Gasteiger partial charge in [-0.05, 0) is 80.5 Å². The summed E-state index contributed by atoms with van der Waals surface area (Å²) < 4.78 is 2.31. The lowest BCUT2D eigenvalue weighted by Gasteiger charge is -2.28. The van der Waals surface area contributed by atoms with Gasteiger partial charge in [-0.2, -0.15) is 0 Å². The number of hydrogen-bond acceptors (Lipinski definition) is 4. The second-order valence-electron chi connectivity index (χ2n) is 9.76. The summed E-state index contributed by atoms with van der Waals surface area (Å²) in [7, 11) is 0. The van der Waals surface area contributed by atoms with E-state index in [1.165, 1.54) is 5.56 Å². The number of anilines is 1. The van der Waals surface area contributed by atoms with E-state index in [0.29, 0.717) is 18.1 Å². The van der Waals surface area contributed by atoms with Crippen LogP contribution >= 0.6 is 12.2 Å². The van der Waals surface area contributed by atoms with E-state index in [1.54, 1.807) is 12.4 Å². The third kappa shape index (κ3) is 5.45. The van der Waals surface area contributed by atoms with Gasteiger partial charge in [0, 0.05) is 55.2 Å². The maximum Gasteiger partial charge on any atom is 0.226 e. The molecule has 8 heteroatoms. The molecule has 7 nitrogen and oxygen atoms in total. The molecule has 1 amide bonds. The molecule has 0 saturated carbocycles. The molecule has 1 aliphatic rings. The Morgan fingerprint density at radius 2 is 1.87 bits per heavy atom. The van der Waals surface area contributed by atoms with Crippen LogP contribution in [0.5, 0.6) is 0 Å². The summed E-state index contributed by atoms with van der Waals surface area (Å²) in [5, 5.41) is 7.13. The normalized spacial score (nSPS) is 16.9. The van der Waals surface area contributed by atoms with E-state index in [0.717, 1.165) is 40.4 Å². The molecule has 0 radical (unpaired) electrons. The predicted molar refractivity (Wildman–Crippen MR) is 154 cm³/mol. The van der Waals surface area contributed by atoms with Gasteiger partial charge in [-0.15, -0.1) is 0 Å². The molecular formula is C30H32N6OS.